The maximum Gasteiger partial charge on any atom is 0.444 e. The number of aromatic nitrogens is 1. The monoisotopic (exact) mass is 272 g/mol. The SMILES string of the molecule is CC1=CC(=O)C(C(C)C)=CC1=NOC(=O)n1cccc1. The molecule has 1 heterocycles. The van der Waals surface area contributed by atoms with Gasteiger partial charge < -0.3 is 0 Å². The Morgan fingerprint density at radius 1 is 1.25 bits per heavy atom. The average molecular weight is 272 g/mol. The number of rotatable bonds is 2. The summed E-state index contributed by atoms with van der Waals surface area (Å²) in [7, 11) is 0. The minimum Gasteiger partial charge on any atom is -0.297 e. The Kier molecular flexibility index (Phi) is 3.98. The van der Waals surface area contributed by atoms with Crippen LogP contribution in [0.3, 0.4) is 0 Å². The number of ketones is 1. The Hall–Kier alpha value is -2.43. The summed E-state index contributed by atoms with van der Waals surface area (Å²) in [5, 5.41) is 3.84. The second-order valence-electron chi connectivity index (χ2n) is 4.87. The first-order chi connectivity index (χ1) is 9.49. The van der Waals surface area contributed by atoms with Crippen LogP contribution in [-0.4, -0.2) is 22.2 Å². The lowest BCUT2D eigenvalue weighted by molar-refractivity contribution is -0.111. The number of hydrogen-bond acceptors (Lipinski definition) is 4. The summed E-state index contributed by atoms with van der Waals surface area (Å²) in [6, 6.07) is 3.44. The van der Waals surface area contributed by atoms with Gasteiger partial charge in [0, 0.05) is 18.0 Å². The molecule has 104 valence electrons. The molecular weight excluding hydrogens is 256 g/mol. The zero-order valence-corrected chi connectivity index (χ0v) is 11.7. The van der Waals surface area contributed by atoms with Gasteiger partial charge >= 0.3 is 6.09 Å². The fourth-order valence-corrected chi connectivity index (χ4v) is 1.83. The van der Waals surface area contributed by atoms with Gasteiger partial charge in [-0.15, -0.1) is 0 Å². The van der Waals surface area contributed by atoms with Gasteiger partial charge in [0.25, 0.3) is 0 Å². The van der Waals surface area contributed by atoms with Gasteiger partial charge in [-0.05, 0) is 42.7 Å². The standard InChI is InChI=1S/C15H16N2O3/c1-10(2)12-9-13(11(3)8-14(12)18)16-20-15(19)17-6-4-5-7-17/h4-10H,1-3H3. The van der Waals surface area contributed by atoms with Crippen molar-refractivity contribution in [1.82, 2.24) is 4.57 Å². The molecule has 5 heteroatoms. The molecule has 1 aliphatic carbocycles. The zero-order valence-electron chi connectivity index (χ0n) is 11.7. The fraction of sp³-hybridized carbons (Fsp3) is 0.267. The Bertz CT molecular complexity index is 620. The summed E-state index contributed by atoms with van der Waals surface area (Å²) in [6.45, 7) is 5.62. The molecule has 0 atom stereocenters. The predicted molar refractivity (Wildman–Crippen MR) is 75.4 cm³/mol. The van der Waals surface area contributed by atoms with Crippen LogP contribution in [0, 0.1) is 5.92 Å². The minimum atomic E-state index is -0.591. The van der Waals surface area contributed by atoms with Gasteiger partial charge in [-0.25, -0.2) is 4.79 Å². The molecule has 0 saturated heterocycles. The van der Waals surface area contributed by atoms with Gasteiger partial charge in [0.2, 0.25) is 0 Å². The van der Waals surface area contributed by atoms with E-state index in [1.54, 1.807) is 37.5 Å². The number of oxime groups is 1. The maximum absolute atomic E-state index is 11.8. The highest BCUT2D eigenvalue weighted by atomic mass is 16.7. The van der Waals surface area contributed by atoms with E-state index in [2.05, 4.69) is 5.16 Å². The predicted octanol–water partition coefficient (Wildman–Crippen LogP) is 2.94. The molecule has 0 unspecified atom stereocenters. The van der Waals surface area contributed by atoms with Crippen LogP contribution in [0.4, 0.5) is 4.79 Å². The molecule has 5 nitrogen and oxygen atoms in total. The van der Waals surface area contributed by atoms with Gasteiger partial charge in [-0.1, -0.05) is 19.0 Å². The molecule has 2 rings (SSSR count). The molecule has 0 amide bonds. The van der Waals surface area contributed by atoms with Crippen LogP contribution in [-0.2, 0) is 9.63 Å². The largest absolute Gasteiger partial charge is 0.444 e. The highest BCUT2D eigenvalue weighted by molar-refractivity contribution is 6.21. The van der Waals surface area contributed by atoms with Gasteiger partial charge in [-0.2, -0.15) is 0 Å². The van der Waals surface area contributed by atoms with Crippen molar-refractivity contribution in [2.24, 2.45) is 11.1 Å². The lowest BCUT2D eigenvalue weighted by atomic mass is 9.90. The highest BCUT2D eigenvalue weighted by Crippen LogP contribution is 2.19. The van der Waals surface area contributed by atoms with E-state index in [0.717, 1.165) is 0 Å². The molecule has 0 N–H and O–H groups in total. The molecule has 1 aromatic rings. The third kappa shape index (κ3) is 2.93. The molecule has 1 aromatic heterocycles. The van der Waals surface area contributed by atoms with Crippen molar-refractivity contribution < 1.29 is 14.4 Å². The Morgan fingerprint density at radius 3 is 2.50 bits per heavy atom. The van der Waals surface area contributed by atoms with Crippen molar-refractivity contribution in [2.75, 3.05) is 0 Å². The zero-order chi connectivity index (χ0) is 14.7. The van der Waals surface area contributed by atoms with Crippen LogP contribution in [0.15, 0.2) is 53.0 Å². The van der Waals surface area contributed by atoms with Crippen LogP contribution in [0.1, 0.15) is 20.8 Å². The van der Waals surface area contributed by atoms with E-state index in [0.29, 0.717) is 16.9 Å². The van der Waals surface area contributed by atoms with Crippen molar-refractivity contribution >= 4 is 17.6 Å². The van der Waals surface area contributed by atoms with E-state index >= 15 is 0 Å². The summed E-state index contributed by atoms with van der Waals surface area (Å²) in [6.07, 6.45) is 5.74. The van der Waals surface area contributed by atoms with Gasteiger partial charge in [0.05, 0.1) is 0 Å². The first-order valence-electron chi connectivity index (χ1n) is 6.36. The van der Waals surface area contributed by atoms with Crippen LogP contribution < -0.4 is 0 Å². The Morgan fingerprint density at radius 2 is 1.90 bits per heavy atom. The maximum atomic E-state index is 11.8. The first kappa shape index (κ1) is 14.0. The van der Waals surface area contributed by atoms with Crippen molar-refractivity contribution in [3.63, 3.8) is 0 Å². The van der Waals surface area contributed by atoms with Gasteiger partial charge in [-0.3, -0.25) is 14.2 Å². The van der Waals surface area contributed by atoms with E-state index in [9.17, 15) is 9.59 Å². The normalized spacial score (nSPS) is 17.2. The molecule has 0 bridgehead atoms. The van der Waals surface area contributed by atoms with Crippen molar-refractivity contribution in [3.05, 3.63) is 47.8 Å². The Labute approximate surface area is 117 Å². The van der Waals surface area contributed by atoms with Crippen molar-refractivity contribution in [1.29, 1.82) is 0 Å². The van der Waals surface area contributed by atoms with Crippen LogP contribution in [0.2, 0.25) is 0 Å². The number of carbonyl (C=O) groups is 2. The summed E-state index contributed by atoms with van der Waals surface area (Å²) in [4.78, 5) is 28.3. The highest BCUT2D eigenvalue weighted by Gasteiger charge is 2.19. The quantitative estimate of drug-likeness (QED) is 0.472. The number of hydrogen-bond donors (Lipinski definition) is 0. The second kappa shape index (κ2) is 5.69. The van der Waals surface area contributed by atoms with E-state index in [4.69, 9.17) is 4.84 Å². The van der Waals surface area contributed by atoms with E-state index in [1.807, 2.05) is 13.8 Å². The van der Waals surface area contributed by atoms with Gasteiger partial charge in [0.1, 0.15) is 5.71 Å². The van der Waals surface area contributed by atoms with Gasteiger partial charge in [0.15, 0.2) is 5.78 Å². The van der Waals surface area contributed by atoms with Crippen molar-refractivity contribution in [2.45, 2.75) is 20.8 Å². The molecule has 0 spiro atoms. The molecule has 20 heavy (non-hydrogen) atoms. The number of carbonyl (C=O) groups excluding carboxylic acids is 2. The number of allylic oxidation sites excluding steroid dienone is 4. The summed E-state index contributed by atoms with van der Waals surface area (Å²) in [5.41, 5.74) is 1.83. The summed E-state index contributed by atoms with van der Waals surface area (Å²) >= 11 is 0. The van der Waals surface area contributed by atoms with E-state index in [-0.39, 0.29) is 11.7 Å². The molecule has 0 fully saturated rings. The second-order valence-corrected chi connectivity index (χ2v) is 4.87. The molecule has 0 saturated carbocycles. The van der Waals surface area contributed by atoms with Crippen LogP contribution >= 0.6 is 0 Å². The lowest BCUT2D eigenvalue weighted by Crippen LogP contribution is -2.17. The third-order valence-electron chi connectivity index (χ3n) is 2.99. The van der Waals surface area contributed by atoms with Crippen LogP contribution in [0.5, 0.6) is 0 Å². The molecule has 0 aromatic carbocycles. The third-order valence-corrected chi connectivity index (χ3v) is 2.99. The minimum absolute atomic E-state index is 0.0202. The summed E-state index contributed by atoms with van der Waals surface area (Å²) in [5.74, 6) is 0.0744. The average Bonchev–Trinajstić information content (AvgIpc) is 2.90. The molecule has 1 aliphatic rings. The van der Waals surface area contributed by atoms with Crippen LogP contribution in [0.25, 0.3) is 0 Å². The fourth-order valence-electron chi connectivity index (χ4n) is 1.83. The first-order valence-corrected chi connectivity index (χ1v) is 6.36. The smallest absolute Gasteiger partial charge is 0.297 e. The summed E-state index contributed by atoms with van der Waals surface area (Å²) < 4.78 is 1.28. The molecular formula is C15H16N2O3. The lowest BCUT2D eigenvalue weighted by Gasteiger charge is -2.14. The van der Waals surface area contributed by atoms with Crippen molar-refractivity contribution in [3.8, 4) is 0 Å². The van der Waals surface area contributed by atoms with E-state index < -0.39 is 6.09 Å². The molecule has 0 radical (unpaired) electrons. The van der Waals surface area contributed by atoms with E-state index in [1.165, 1.54) is 10.6 Å². The molecule has 0 aliphatic heterocycles. The Balaban J connectivity index is 2.18. The number of nitrogens with zero attached hydrogens (tertiary/aromatic N) is 2. The topological polar surface area (TPSA) is 60.7 Å².